The Bertz CT molecular complexity index is 713. The maximum Gasteiger partial charge on any atom is 0.205 e. The molecule has 2 aromatic heterocycles. The van der Waals surface area contributed by atoms with Crippen molar-refractivity contribution in [2.75, 3.05) is 44.7 Å². The molecule has 0 atom stereocenters. The van der Waals surface area contributed by atoms with E-state index in [0.717, 1.165) is 72.9 Å². The first kappa shape index (κ1) is 21.4. The van der Waals surface area contributed by atoms with Gasteiger partial charge in [0, 0.05) is 64.1 Å². The zero-order valence-corrected chi connectivity index (χ0v) is 19.7. The number of hydrogen-bond donors (Lipinski definition) is 1. The Labute approximate surface area is 183 Å². The Morgan fingerprint density at radius 2 is 2.12 bits per heavy atom. The van der Waals surface area contributed by atoms with Gasteiger partial charge in [0.2, 0.25) is 5.13 Å². The SMILES string of the molecule is CCc1nsc(N2CCN(C(=NC)NCCc3ccc(Br)o3)CC2)n1.I. The lowest BCUT2D eigenvalue weighted by Crippen LogP contribution is -2.52. The Hall–Kier alpha value is -0.880. The number of aliphatic imine (C=N–C) groups is 1. The van der Waals surface area contributed by atoms with E-state index in [9.17, 15) is 0 Å². The lowest BCUT2D eigenvalue weighted by Gasteiger charge is -2.36. The Morgan fingerprint density at radius 1 is 1.35 bits per heavy atom. The minimum absolute atomic E-state index is 0. The first-order valence-electron chi connectivity index (χ1n) is 8.47. The molecule has 0 radical (unpaired) electrons. The van der Waals surface area contributed by atoms with Gasteiger partial charge in [0.05, 0.1) is 0 Å². The average molecular weight is 555 g/mol. The topological polar surface area (TPSA) is 69.8 Å². The molecule has 1 N–H and O–H groups in total. The highest BCUT2D eigenvalue weighted by molar-refractivity contribution is 14.0. The van der Waals surface area contributed by atoms with Gasteiger partial charge in [-0.05, 0) is 28.1 Å². The zero-order valence-electron chi connectivity index (χ0n) is 14.9. The van der Waals surface area contributed by atoms with Crippen LogP contribution < -0.4 is 10.2 Å². The van der Waals surface area contributed by atoms with Gasteiger partial charge < -0.3 is 19.5 Å². The summed E-state index contributed by atoms with van der Waals surface area (Å²) in [5.41, 5.74) is 0. The molecule has 0 saturated carbocycles. The van der Waals surface area contributed by atoms with Crippen LogP contribution in [0.15, 0.2) is 26.2 Å². The summed E-state index contributed by atoms with van der Waals surface area (Å²) in [6.07, 6.45) is 1.72. The minimum Gasteiger partial charge on any atom is -0.454 e. The van der Waals surface area contributed by atoms with Gasteiger partial charge in [0.15, 0.2) is 10.6 Å². The molecule has 0 unspecified atom stereocenters. The molecule has 1 saturated heterocycles. The Kier molecular flexibility index (Phi) is 8.61. The Morgan fingerprint density at radius 3 is 2.69 bits per heavy atom. The summed E-state index contributed by atoms with van der Waals surface area (Å²) in [5.74, 6) is 2.84. The maximum absolute atomic E-state index is 5.52. The van der Waals surface area contributed by atoms with Crippen LogP contribution in [0.1, 0.15) is 18.5 Å². The molecule has 26 heavy (non-hydrogen) atoms. The van der Waals surface area contributed by atoms with Gasteiger partial charge in [-0.3, -0.25) is 4.99 Å². The summed E-state index contributed by atoms with van der Waals surface area (Å²) in [4.78, 5) is 13.6. The third-order valence-corrected chi connectivity index (χ3v) is 5.36. The summed E-state index contributed by atoms with van der Waals surface area (Å²) < 4.78 is 10.7. The number of rotatable bonds is 5. The molecular formula is C16H24BrIN6OS. The van der Waals surface area contributed by atoms with Gasteiger partial charge >= 0.3 is 0 Å². The molecule has 1 fully saturated rings. The van der Waals surface area contributed by atoms with E-state index in [2.05, 4.69) is 52.3 Å². The third kappa shape index (κ3) is 5.56. The number of nitrogens with zero attached hydrogens (tertiary/aromatic N) is 5. The van der Waals surface area contributed by atoms with E-state index in [0.29, 0.717) is 0 Å². The van der Waals surface area contributed by atoms with E-state index in [1.807, 2.05) is 19.2 Å². The van der Waals surface area contributed by atoms with Crippen molar-refractivity contribution in [3.05, 3.63) is 28.4 Å². The third-order valence-electron chi connectivity index (χ3n) is 4.12. The Balaban J connectivity index is 0.00000243. The summed E-state index contributed by atoms with van der Waals surface area (Å²) >= 11 is 4.82. The van der Waals surface area contributed by atoms with Gasteiger partial charge in [0.1, 0.15) is 11.6 Å². The van der Waals surface area contributed by atoms with E-state index in [1.165, 1.54) is 11.5 Å². The van der Waals surface area contributed by atoms with E-state index in [4.69, 9.17) is 4.42 Å². The van der Waals surface area contributed by atoms with Crippen LogP contribution in [0, 0.1) is 0 Å². The van der Waals surface area contributed by atoms with E-state index in [1.54, 1.807) is 0 Å². The molecule has 10 heteroatoms. The second kappa shape index (κ2) is 10.5. The predicted octanol–water partition coefficient (Wildman–Crippen LogP) is 3.01. The van der Waals surface area contributed by atoms with Gasteiger partial charge in [-0.15, -0.1) is 24.0 Å². The molecule has 0 aliphatic carbocycles. The largest absolute Gasteiger partial charge is 0.454 e. The highest BCUT2D eigenvalue weighted by atomic mass is 127. The smallest absolute Gasteiger partial charge is 0.205 e. The highest BCUT2D eigenvalue weighted by Crippen LogP contribution is 2.19. The van der Waals surface area contributed by atoms with Gasteiger partial charge in [0.25, 0.3) is 0 Å². The van der Waals surface area contributed by atoms with Crippen molar-refractivity contribution in [2.24, 2.45) is 4.99 Å². The number of anilines is 1. The van der Waals surface area contributed by atoms with Crippen LogP contribution in [0.2, 0.25) is 0 Å². The van der Waals surface area contributed by atoms with Crippen LogP contribution in [0.4, 0.5) is 5.13 Å². The lowest BCUT2D eigenvalue weighted by atomic mass is 10.3. The first-order valence-corrected chi connectivity index (χ1v) is 10.0. The molecule has 7 nitrogen and oxygen atoms in total. The monoisotopic (exact) mass is 554 g/mol. The van der Waals surface area contributed by atoms with Crippen molar-refractivity contribution < 1.29 is 4.42 Å². The quantitative estimate of drug-likeness (QED) is 0.348. The first-order chi connectivity index (χ1) is 12.2. The van der Waals surface area contributed by atoms with Crippen molar-refractivity contribution in [3.63, 3.8) is 0 Å². The van der Waals surface area contributed by atoms with Crippen LogP contribution in [0.3, 0.4) is 0 Å². The number of furan rings is 1. The number of guanidine groups is 1. The maximum atomic E-state index is 5.52. The molecule has 2 aromatic rings. The van der Waals surface area contributed by atoms with Gasteiger partial charge in [-0.1, -0.05) is 6.92 Å². The van der Waals surface area contributed by atoms with Crippen LogP contribution in [-0.2, 0) is 12.8 Å². The fourth-order valence-electron chi connectivity index (χ4n) is 2.74. The molecule has 3 heterocycles. The summed E-state index contributed by atoms with van der Waals surface area (Å²) in [5, 5.41) is 4.45. The van der Waals surface area contributed by atoms with Crippen molar-refractivity contribution in [1.82, 2.24) is 19.6 Å². The second-order valence-corrected chi connectivity index (χ2v) is 7.26. The summed E-state index contributed by atoms with van der Waals surface area (Å²) in [6.45, 7) is 6.60. The molecule has 0 aromatic carbocycles. The fourth-order valence-corrected chi connectivity index (χ4v) is 3.88. The molecule has 1 aliphatic heterocycles. The molecule has 3 rings (SSSR count). The zero-order chi connectivity index (χ0) is 17.6. The van der Waals surface area contributed by atoms with E-state index >= 15 is 0 Å². The van der Waals surface area contributed by atoms with E-state index in [-0.39, 0.29) is 24.0 Å². The number of hydrogen-bond acceptors (Lipinski definition) is 6. The van der Waals surface area contributed by atoms with Crippen molar-refractivity contribution in [3.8, 4) is 0 Å². The van der Waals surface area contributed by atoms with Crippen LogP contribution >= 0.6 is 51.4 Å². The molecule has 0 bridgehead atoms. The number of aryl methyl sites for hydroxylation is 1. The average Bonchev–Trinajstić information content (AvgIpc) is 3.28. The number of aromatic nitrogens is 2. The minimum atomic E-state index is 0. The molecular weight excluding hydrogens is 531 g/mol. The fraction of sp³-hybridized carbons (Fsp3) is 0.562. The van der Waals surface area contributed by atoms with Crippen LogP contribution in [0.5, 0.6) is 0 Å². The predicted molar refractivity (Wildman–Crippen MR) is 120 cm³/mol. The number of halogens is 2. The van der Waals surface area contributed by atoms with Crippen LogP contribution in [-0.4, -0.2) is 60.0 Å². The summed E-state index contributed by atoms with van der Waals surface area (Å²) in [7, 11) is 1.83. The molecule has 144 valence electrons. The second-order valence-electron chi connectivity index (χ2n) is 5.75. The van der Waals surface area contributed by atoms with Crippen molar-refractivity contribution in [2.45, 2.75) is 19.8 Å². The van der Waals surface area contributed by atoms with Gasteiger partial charge in [-0.25, -0.2) is 4.98 Å². The standard InChI is InChI=1S/C16H23BrN6OS.HI/c1-3-14-20-16(25-21-14)23-10-8-22(9-11-23)15(18-2)19-7-6-12-4-5-13(17)24-12;/h4-5H,3,6-11H2,1-2H3,(H,18,19);1H. The highest BCUT2D eigenvalue weighted by Gasteiger charge is 2.21. The number of piperazine rings is 1. The number of nitrogens with one attached hydrogen (secondary N) is 1. The summed E-state index contributed by atoms with van der Waals surface area (Å²) in [6, 6.07) is 3.90. The van der Waals surface area contributed by atoms with E-state index < -0.39 is 0 Å². The molecule has 0 spiro atoms. The van der Waals surface area contributed by atoms with Gasteiger partial charge in [-0.2, -0.15) is 4.37 Å². The van der Waals surface area contributed by atoms with Crippen LogP contribution in [0.25, 0.3) is 0 Å². The van der Waals surface area contributed by atoms with Crippen molar-refractivity contribution >= 4 is 62.5 Å². The normalized spacial score (nSPS) is 15.1. The molecule has 1 aliphatic rings. The molecule has 0 amide bonds. The van der Waals surface area contributed by atoms with Crippen molar-refractivity contribution in [1.29, 1.82) is 0 Å². The lowest BCUT2D eigenvalue weighted by molar-refractivity contribution is 0.372.